The second-order valence-corrected chi connectivity index (χ2v) is 9.44. The number of aromatic nitrogens is 1. The molecule has 32 heavy (non-hydrogen) atoms. The highest BCUT2D eigenvalue weighted by molar-refractivity contribution is 7.89. The zero-order valence-corrected chi connectivity index (χ0v) is 18.0. The van der Waals surface area contributed by atoms with Crippen LogP contribution in [0.1, 0.15) is 12.0 Å². The molecule has 2 aromatic carbocycles. The van der Waals surface area contributed by atoms with Gasteiger partial charge in [0, 0.05) is 41.1 Å². The Balaban J connectivity index is 1.52. The van der Waals surface area contributed by atoms with Crippen molar-refractivity contribution in [1.29, 1.82) is 0 Å². The Hall–Kier alpha value is -2.99. The number of benzene rings is 2. The lowest BCUT2D eigenvalue weighted by atomic mass is 10.0. The fourth-order valence-corrected chi connectivity index (χ4v) is 4.41. The predicted octanol–water partition coefficient (Wildman–Crippen LogP) is 1.39. The van der Waals surface area contributed by atoms with Crippen LogP contribution in [0.2, 0.25) is 5.02 Å². The van der Waals surface area contributed by atoms with Crippen molar-refractivity contribution >= 4 is 50.0 Å². The number of nitrogens with one attached hydrogen (secondary N) is 2. The summed E-state index contributed by atoms with van der Waals surface area (Å²) in [6.45, 7) is -0.0654. The van der Waals surface area contributed by atoms with Crippen LogP contribution in [0, 0.1) is 5.82 Å². The summed E-state index contributed by atoms with van der Waals surface area (Å²) in [5, 5.41) is 18.8. The highest BCUT2D eigenvalue weighted by Gasteiger charge is 2.51. The van der Waals surface area contributed by atoms with Crippen LogP contribution in [0.3, 0.4) is 0 Å². The van der Waals surface area contributed by atoms with E-state index in [1.165, 1.54) is 23.1 Å². The van der Waals surface area contributed by atoms with E-state index in [-0.39, 0.29) is 29.6 Å². The van der Waals surface area contributed by atoms with E-state index in [1.807, 2.05) is 0 Å². The van der Waals surface area contributed by atoms with Crippen LogP contribution in [0.4, 0.5) is 10.1 Å². The molecule has 4 rings (SSSR count). The molecule has 2 amide bonds. The number of aromatic amines is 1. The number of anilines is 1. The van der Waals surface area contributed by atoms with Gasteiger partial charge in [-0.2, -0.15) is 0 Å². The maximum absolute atomic E-state index is 13.5. The Bertz CT molecular complexity index is 1340. The van der Waals surface area contributed by atoms with Crippen molar-refractivity contribution < 1.29 is 27.5 Å². The van der Waals surface area contributed by atoms with Gasteiger partial charge in [-0.1, -0.05) is 11.6 Å². The third kappa shape index (κ3) is 4.07. The van der Waals surface area contributed by atoms with Gasteiger partial charge in [0.05, 0.1) is 0 Å². The number of halogens is 2. The number of carbonyl (C=O) groups excluding carboxylic acids is 2. The molecule has 9 nitrogen and oxygen atoms in total. The van der Waals surface area contributed by atoms with Gasteiger partial charge in [0.2, 0.25) is 5.60 Å². The topological polar surface area (TPSA) is 146 Å². The zero-order chi connectivity index (χ0) is 23.3. The Labute approximate surface area is 187 Å². The average molecular weight is 481 g/mol. The van der Waals surface area contributed by atoms with Crippen molar-refractivity contribution in [3.63, 3.8) is 0 Å². The number of nitrogens with two attached hydrogens (primary N) is 1. The molecule has 3 aromatic rings. The van der Waals surface area contributed by atoms with Crippen LogP contribution in [-0.2, 0) is 26.2 Å². The first kappa shape index (κ1) is 22.2. The fraction of sp³-hybridized carbons (Fsp3) is 0.200. The Morgan fingerprint density at radius 3 is 2.72 bits per heavy atom. The number of nitrogens with zero attached hydrogens (tertiary/aromatic N) is 1. The molecule has 2 heterocycles. The van der Waals surface area contributed by atoms with Crippen LogP contribution in [-0.4, -0.2) is 42.5 Å². The van der Waals surface area contributed by atoms with Gasteiger partial charge < -0.3 is 20.3 Å². The third-order valence-corrected chi connectivity index (χ3v) is 6.30. The molecule has 5 N–H and O–H groups in total. The van der Waals surface area contributed by atoms with Crippen molar-refractivity contribution in [1.82, 2.24) is 10.3 Å². The van der Waals surface area contributed by atoms with Crippen LogP contribution < -0.4 is 15.4 Å². The molecule has 1 atom stereocenters. The lowest BCUT2D eigenvalue weighted by molar-refractivity contribution is -0.149. The van der Waals surface area contributed by atoms with E-state index in [4.69, 9.17) is 16.7 Å². The molecule has 0 spiro atoms. The number of H-pyrrole nitrogens is 1. The van der Waals surface area contributed by atoms with Gasteiger partial charge in [-0.3, -0.25) is 9.59 Å². The monoisotopic (exact) mass is 480 g/mol. The highest BCUT2D eigenvalue weighted by atomic mass is 35.5. The molecule has 1 aliphatic rings. The van der Waals surface area contributed by atoms with E-state index in [0.29, 0.717) is 22.2 Å². The van der Waals surface area contributed by atoms with Crippen LogP contribution in [0.5, 0.6) is 0 Å². The third-order valence-electron chi connectivity index (χ3n) is 5.25. The maximum atomic E-state index is 13.5. The number of hydrogen-bond donors (Lipinski definition) is 4. The largest absolute Gasteiger partial charge is 0.372 e. The van der Waals surface area contributed by atoms with E-state index in [0.717, 1.165) is 6.07 Å². The summed E-state index contributed by atoms with van der Waals surface area (Å²) in [5.74, 6) is -2.31. The molecular formula is C20H18ClFN4O5S. The maximum Gasteiger partial charge on any atom is 0.268 e. The van der Waals surface area contributed by atoms with Crippen LogP contribution in [0.25, 0.3) is 10.9 Å². The van der Waals surface area contributed by atoms with Crippen molar-refractivity contribution in [2.24, 2.45) is 5.14 Å². The second kappa shape index (κ2) is 7.85. The number of aliphatic hydroxyl groups is 1. The predicted molar refractivity (Wildman–Crippen MR) is 115 cm³/mol. The van der Waals surface area contributed by atoms with Crippen LogP contribution >= 0.6 is 11.6 Å². The molecule has 0 aliphatic carbocycles. The first-order valence-electron chi connectivity index (χ1n) is 9.40. The lowest BCUT2D eigenvalue weighted by Crippen LogP contribution is -2.52. The summed E-state index contributed by atoms with van der Waals surface area (Å²) < 4.78 is 36.5. The molecule has 0 unspecified atom stereocenters. The summed E-state index contributed by atoms with van der Waals surface area (Å²) >= 11 is 5.79. The van der Waals surface area contributed by atoms with E-state index in [1.54, 1.807) is 18.2 Å². The zero-order valence-electron chi connectivity index (χ0n) is 16.4. The molecule has 1 aromatic heterocycles. The fourth-order valence-electron chi connectivity index (χ4n) is 3.62. The van der Waals surface area contributed by atoms with Crippen LogP contribution in [0.15, 0.2) is 47.5 Å². The Morgan fingerprint density at radius 2 is 2.03 bits per heavy atom. The van der Waals surface area contributed by atoms with Gasteiger partial charge in [-0.15, -0.1) is 0 Å². The number of carbonyl (C=O) groups is 2. The summed E-state index contributed by atoms with van der Waals surface area (Å²) in [4.78, 5) is 29.4. The minimum atomic E-state index is -3.93. The van der Waals surface area contributed by atoms with Crippen molar-refractivity contribution in [3.05, 3.63) is 58.9 Å². The first-order valence-corrected chi connectivity index (χ1v) is 11.3. The van der Waals surface area contributed by atoms with E-state index in [2.05, 4.69) is 10.3 Å². The molecule has 0 bridgehead atoms. The summed E-state index contributed by atoms with van der Waals surface area (Å²) in [5.41, 5.74) is -1.05. The van der Waals surface area contributed by atoms with Crippen molar-refractivity contribution in [2.75, 3.05) is 11.4 Å². The van der Waals surface area contributed by atoms with Gasteiger partial charge in [-0.25, -0.2) is 17.9 Å². The summed E-state index contributed by atoms with van der Waals surface area (Å²) in [6, 6.07) is 9.76. The molecule has 12 heteroatoms. The van der Waals surface area contributed by atoms with Gasteiger partial charge in [0.15, 0.2) is 0 Å². The van der Waals surface area contributed by atoms with Crippen molar-refractivity contribution in [3.8, 4) is 0 Å². The van der Waals surface area contributed by atoms with E-state index in [9.17, 15) is 27.5 Å². The summed E-state index contributed by atoms with van der Waals surface area (Å²) in [6.07, 6.45) is -0.158. The standard InChI is InChI=1S/C20H18ClFN4O5S/c21-13-5-11(6-14(22)9-13)10-24-18(27)20(29)3-4-26(19(20)28)15-1-2-16-12(7-15)8-17(25-16)32(23,30)31/h1-2,5-9,25,29H,3-4,10H2,(H,24,27)(H2,23,30,31)/t20-/m0/s1. The first-order chi connectivity index (χ1) is 15.0. The average Bonchev–Trinajstić information content (AvgIpc) is 3.27. The number of amides is 2. The second-order valence-electron chi connectivity index (χ2n) is 7.48. The Morgan fingerprint density at radius 1 is 1.28 bits per heavy atom. The number of rotatable bonds is 5. The molecule has 0 radical (unpaired) electrons. The molecule has 1 saturated heterocycles. The minimum absolute atomic E-state index is 0.0620. The quantitative estimate of drug-likeness (QED) is 0.408. The SMILES string of the molecule is NS(=O)(=O)c1cc2cc(N3CC[C@](O)(C(=O)NCc4cc(F)cc(Cl)c4)C3=O)ccc2[nH]1. The number of primary sulfonamides is 1. The van der Waals surface area contributed by atoms with Gasteiger partial charge >= 0.3 is 0 Å². The Kier molecular flexibility index (Phi) is 5.45. The normalized spacial score (nSPS) is 19.0. The molecular weight excluding hydrogens is 463 g/mol. The summed E-state index contributed by atoms with van der Waals surface area (Å²) in [7, 11) is -3.93. The number of sulfonamides is 1. The number of fused-ring (bicyclic) bond motifs is 1. The molecule has 1 fully saturated rings. The smallest absolute Gasteiger partial charge is 0.268 e. The van der Waals surface area contributed by atoms with Gasteiger partial charge in [0.1, 0.15) is 10.8 Å². The molecule has 0 saturated carbocycles. The highest BCUT2D eigenvalue weighted by Crippen LogP contribution is 2.31. The lowest BCUT2D eigenvalue weighted by Gasteiger charge is -2.22. The van der Waals surface area contributed by atoms with E-state index >= 15 is 0 Å². The van der Waals surface area contributed by atoms with Crippen molar-refractivity contribution in [2.45, 2.75) is 23.6 Å². The minimum Gasteiger partial charge on any atom is -0.372 e. The van der Waals surface area contributed by atoms with Gasteiger partial charge in [0.25, 0.3) is 21.8 Å². The van der Waals surface area contributed by atoms with Gasteiger partial charge in [-0.05, 0) is 48.0 Å². The van der Waals surface area contributed by atoms with E-state index < -0.39 is 33.3 Å². The number of hydrogen-bond acceptors (Lipinski definition) is 5. The molecule has 168 valence electrons. The molecule has 1 aliphatic heterocycles.